The van der Waals surface area contributed by atoms with Crippen LogP contribution in [0, 0.1) is 6.92 Å². The van der Waals surface area contributed by atoms with E-state index in [1.54, 1.807) is 24.3 Å². The molecular formula is C24H20Cl2N2O. The summed E-state index contributed by atoms with van der Waals surface area (Å²) in [7, 11) is 0. The highest BCUT2D eigenvalue weighted by atomic mass is 35.5. The van der Waals surface area contributed by atoms with Crippen molar-refractivity contribution in [3.8, 4) is 11.3 Å². The van der Waals surface area contributed by atoms with Crippen molar-refractivity contribution >= 4 is 45.7 Å². The summed E-state index contributed by atoms with van der Waals surface area (Å²) in [5, 5.41) is 5.20. The Labute approximate surface area is 179 Å². The monoisotopic (exact) mass is 422 g/mol. The minimum Gasteiger partial charge on any atom is -0.341 e. The number of rotatable bonds is 4. The maximum Gasteiger partial charge on any atom is 0.257 e. The molecule has 0 fully saturated rings. The van der Waals surface area contributed by atoms with Crippen LogP contribution in [0.25, 0.3) is 22.2 Å². The van der Waals surface area contributed by atoms with Gasteiger partial charge in [0, 0.05) is 33.9 Å². The molecule has 1 N–H and O–H groups in total. The number of halogens is 2. The van der Waals surface area contributed by atoms with E-state index < -0.39 is 0 Å². The molecule has 1 amide bonds. The van der Waals surface area contributed by atoms with Crippen LogP contribution in [0.5, 0.6) is 0 Å². The quantitative estimate of drug-likeness (QED) is 0.370. The number of anilines is 1. The van der Waals surface area contributed by atoms with Crippen molar-refractivity contribution in [2.45, 2.75) is 20.4 Å². The van der Waals surface area contributed by atoms with Crippen LogP contribution in [0.3, 0.4) is 0 Å². The second-order valence-electron chi connectivity index (χ2n) is 6.95. The Morgan fingerprint density at radius 1 is 0.966 bits per heavy atom. The largest absolute Gasteiger partial charge is 0.341 e. The number of hydrogen-bond acceptors (Lipinski definition) is 1. The van der Waals surface area contributed by atoms with Gasteiger partial charge in [-0.3, -0.25) is 4.79 Å². The number of aryl methyl sites for hydroxylation is 2. The SMILES string of the molecule is CCn1c(-c2ccc(Cl)c(C)c2)cc2cc(NC(=O)c3ccccc3Cl)ccc21. The van der Waals surface area contributed by atoms with Crippen molar-refractivity contribution in [1.29, 1.82) is 0 Å². The van der Waals surface area contributed by atoms with Gasteiger partial charge in [-0.1, -0.05) is 41.4 Å². The number of amides is 1. The molecule has 5 heteroatoms. The predicted octanol–water partition coefficient (Wildman–Crippen LogP) is 7.20. The van der Waals surface area contributed by atoms with E-state index in [9.17, 15) is 4.79 Å². The predicted molar refractivity (Wildman–Crippen MR) is 122 cm³/mol. The van der Waals surface area contributed by atoms with E-state index in [4.69, 9.17) is 23.2 Å². The molecular weight excluding hydrogens is 403 g/mol. The Kier molecular flexibility index (Phi) is 5.35. The number of benzene rings is 3. The van der Waals surface area contributed by atoms with E-state index in [-0.39, 0.29) is 5.91 Å². The zero-order valence-corrected chi connectivity index (χ0v) is 17.7. The number of nitrogens with zero attached hydrogens (tertiary/aromatic N) is 1. The average Bonchev–Trinajstić information content (AvgIpc) is 3.08. The number of fused-ring (bicyclic) bond motifs is 1. The fraction of sp³-hybridized carbons (Fsp3) is 0.125. The van der Waals surface area contributed by atoms with Crippen LogP contribution >= 0.6 is 23.2 Å². The van der Waals surface area contributed by atoms with Gasteiger partial charge in [0.1, 0.15) is 0 Å². The van der Waals surface area contributed by atoms with Crippen molar-refractivity contribution in [2.75, 3.05) is 5.32 Å². The molecule has 1 heterocycles. The Hall–Kier alpha value is -2.75. The smallest absolute Gasteiger partial charge is 0.257 e. The Morgan fingerprint density at radius 3 is 2.48 bits per heavy atom. The van der Waals surface area contributed by atoms with Crippen LogP contribution in [0.4, 0.5) is 5.69 Å². The maximum absolute atomic E-state index is 12.6. The van der Waals surface area contributed by atoms with Crippen molar-refractivity contribution in [3.05, 3.63) is 87.9 Å². The summed E-state index contributed by atoms with van der Waals surface area (Å²) in [6, 6.07) is 21.2. The minimum atomic E-state index is -0.224. The number of aromatic nitrogens is 1. The molecule has 146 valence electrons. The summed E-state index contributed by atoms with van der Waals surface area (Å²) in [4.78, 5) is 12.6. The summed E-state index contributed by atoms with van der Waals surface area (Å²) < 4.78 is 2.26. The minimum absolute atomic E-state index is 0.224. The molecule has 0 saturated heterocycles. The molecule has 29 heavy (non-hydrogen) atoms. The Balaban J connectivity index is 1.72. The molecule has 4 aromatic rings. The van der Waals surface area contributed by atoms with E-state index in [1.165, 1.54) is 0 Å². The normalized spacial score (nSPS) is 11.0. The lowest BCUT2D eigenvalue weighted by atomic mass is 10.1. The molecule has 0 saturated carbocycles. The second-order valence-corrected chi connectivity index (χ2v) is 7.76. The summed E-state index contributed by atoms with van der Waals surface area (Å²) in [6.07, 6.45) is 0. The van der Waals surface area contributed by atoms with Gasteiger partial charge >= 0.3 is 0 Å². The zero-order chi connectivity index (χ0) is 20.5. The fourth-order valence-electron chi connectivity index (χ4n) is 3.58. The van der Waals surface area contributed by atoms with Gasteiger partial charge in [-0.25, -0.2) is 0 Å². The summed E-state index contributed by atoms with van der Waals surface area (Å²) in [6.45, 7) is 4.97. The summed E-state index contributed by atoms with van der Waals surface area (Å²) in [5.41, 5.74) is 5.59. The van der Waals surface area contributed by atoms with Crippen LogP contribution in [-0.4, -0.2) is 10.5 Å². The third-order valence-corrected chi connectivity index (χ3v) is 5.80. The van der Waals surface area contributed by atoms with E-state index >= 15 is 0 Å². The molecule has 0 aliphatic rings. The molecule has 3 nitrogen and oxygen atoms in total. The molecule has 0 atom stereocenters. The zero-order valence-electron chi connectivity index (χ0n) is 16.2. The molecule has 0 radical (unpaired) electrons. The number of carbonyl (C=O) groups is 1. The van der Waals surface area contributed by atoms with Crippen LogP contribution in [-0.2, 0) is 6.54 Å². The molecule has 0 bridgehead atoms. The number of nitrogens with one attached hydrogen (secondary N) is 1. The van der Waals surface area contributed by atoms with Crippen molar-refractivity contribution in [1.82, 2.24) is 4.57 Å². The van der Waals surface area contributed by atoms with Gasteiger partial charge in [0.15, 0.2) is 0 Å². The third kappa shape index (κ3) is 3.76. The Bertz CT molecular complexity index is 1230. The van der Waals surface area contributed by atoms with Crippen LogP contribution in [0.15, 0.2) is 66.7 Å². The van der Waals surface area contributed by atoms with Crippen molar-refractivity contribution in [3.63, 3.8) is 0 Å². The first-order valence-corrected chi connectivity index (χ1v) is 10.2. The van der Waals surface area contributed by atoms with Crippen LogP contribution in [0.1, 0.15) is 22.8 Å². The molecule has 4 rings (SSSR count). The van der Waals surface area contributed by atoms with Gasteiger partial charge in [0.2, 0.25) is 0 Å². The van der Waals surface area contributed by atoms with Crippen LogP contribution < -0.4 is 5.32 Å². The highest BCUT2D eigenvalue weighted by Crippen LogP contribution is 2.32. The number of carbonyl (C=O) groups excluding carboxylic acids is 1. The van der Waals surface area contributed by atoms with Gasteiger partial charge in [0.25, 0.3) is 5.91 Å². The summed E-state index contributed by atoms with van der Waals surface area (Å²) in [5.74, 6) is -0.224. The van der Waals surface area contributed by atoms with Gasteiger partial charge in [-0.05, 0) is 73.5 Å². The first-order chi connectivity index (χ1) is 14.0. The third-order valence-electron chi connectivity index (χ3n) is 5.05. The highest BCUT2D eigenvalue weighted by molar-refractivity contribution is 6.34. The van der Waals surface area contributed by atoms with E-state index in [2.05, 4.69) is 28.9 Å². The van der Waals surface area contributed by atoms with E-state index in [0.29, 0.717) is 10.6 Å². The van der Waals surface area contributed by atoms with E-state index in [1.807, 2.05) is 37.3 Å². The molecule has 0 unspecified atom stereocenters. The molecule has 0 aliphatic heterocycles. The maximum atomic E-state index is 12.6. The molecule has 3 aromatic carbocycles. The van der Waals surface area contributed by atoms with Crippen LogP contribution in [0.2, 0.25) is 10.0 Å². The van der Waals surface area contributed by atoms with Gasteiger partial charge in [0.05, 0.1) is 10.6 Å². The fourth-order valence-corrected chi connectivity index (χ4v) is 3.92. The number of hydrogen-bond donors (Lipinski definition) is 1. The van der Waals surface area contributed by atoms with Crippen molar-refractivity contribution in [2.24, 2.45) is 0 Å². The lowest BCUT2D eigenvalue weighted by Gasteiger charge is -2.10. The van der Waals surface area contributed by atoms with E-state index in [0.717, 1.165) is 45.0 Å². The average molecular weight is 423 g/mol. The summed E-state index contributed by atoms with van der Waals surface area (Å²) >= 11 is 12.3. The second kappa shape index (κ2) is 7.94. The van der Waals surface area contributed by atoms with Gasteiger partial charge < -0.3 is 9.88 Å². The Morgan fingerprint density at radius 2 is 1.76 bits per heavy atom. The topological polar surface area (TPSA) is 34.0 Å². The first kappa shape index (κ1) is 19.6. The first-order valence-electron chi connectivity index (χ1n) is 9.43. The lowest BCUT2D eigenvalue weighted by molar-refractivity contribution is 0.102. The molecule has 0 spiro atoms. The molecule has 1 aromatic heterocycles. The van der Waals surface area contributed by atoms with Crippen molar-refractivity contribution < 1.29 is 4.79 Å². The standard InChI is InChI=1S/C24H20Cl2N2O/c1-3-28-22-11-9-18(27-24(29)19-6-4-5-7-21(19)26)13-17(22)14-23(28)16-8-10-20(25)15(2)12-16/h4-14H,3H2,1-2H3,(H,27,29). The van der Waals surface area contributed by atoms with Gasteiger partial charge in [-0.15, -0.1) is 0 Å². The molecule has 0 aliphatic carbocycles. The lowest BCUT2D eigenvalue weighted by Crippen LogP contribution is -2.12. The van der Waals surface area contributed by atoms with Gasteiger partial charge in [-0.2, -0.15) is 0 Å². The highest BCUT2D eigenvalue weighted by Gasteiger charge is 2.13.